The Balaban J connectivity index is 2.34. The molecular formula is C12H23N. The van der Waals surface area contributed by atoms with E-state index < -0.39 is 0 Å². The molecule has 2 unspecified atom stereocenters. The van der Waals surface area contributed by atoms with Gasteiger partial charge in [-0.3, -0.25) is 0 Å². The predicted octanol–water partition coefficient (Wildman–Crippen LogP) is 3.25. The molecule has 0 spiro atoms. The monoisotopic (exact) mass is 181 g/mol. The normalized spacial score (nSPS) is 25.5. The Labute approximate surface area is 82.4 Å². The van der Waals surface area contributed by atoms with E-state index in [4.69, 9.17) is 5.73 Å². The Bertz CT molecular complexity index is 172. The highest BCUT2D eigenvalue weighted by Gasteiger charge is 2.11. The highest BCUT2D eigenvalue weighted by molar-refractivity contribution is 5.10. The Kier molecular flexibility index (Phi) is 4.51. The van der Waals surface area contributed by atoms with Gasteiger partial charge in [-0.1, -0.05) is 38.3 Å². The molecule has 0 heterocycles. The van der Waals surface area contributed by atoms with Crippen molar-refractivity contribution in [3.05, 3.63) is 11.6 Å². The maximum atomic E-state index is 5.90. The van der Waals surface area contributed by atoms with E-state index in [1.165, 1.54) is 38.5 Å². The summed E-state index contributed by atoms with van der Waals surface area (Å²) in [6.07, 6.45) is 10.0. The summed E-state index contributed by atoms with van der Waals surface area (Å²) in [7, 11) is 0. The van der Waals surface area contributed by atoms with E-state index >= 15 is 0 Å². The fourth-order valence-corrected chi connectivity index (χ4v) is 2.25. The highest BCUT2D eigenvalue weighted by atomic mass is 14.6. The molecule has 2 atom stereocenters. The molecule has 0 saturated carbocycles. The number of rotatable bonds is 4. The van der Waals surface area contributed by atoms with Crippen LogP contribution in [0.3, 0.4) is 0 Å². The first-order valence-electron chi connectivity index (χ1n) is 5.67. The number of allylic oxidation sites excluding steroid dienone is 1. The second-order valence-corrected chi connectivity index (χ2v) is 4.48. The van der Waals surface area contributed by atoms with Crippen molar-refractivity contribution in [1.82, 2.24) is 0 Å². The SMILES string of the molecule is CCCC(C)CC1=CC(N)CCC1. The standard InChI is InChI=1S/C12H23N/c1-3-5-10(2)8-11-6-4-7-12(13)9-11/h9-10,12H,3-8,13H2,1-2H3. The Morgan fingerprint density at radius 3 is 3.00 bits per heavy atom. The highest BCUT2D eigenvalue weighted by Crippen LogP contribution is 2.24. The third kappa shape index (κ3) is 3.95. The number of hydrogen-bond acceptors (Lipinski definition) is 1. The number of nitrogens with two attached hydrogens (primary N) is 1. The molecule has 0 radical (unpaired) electrons. The molecule has 0 aromatic rings. The molecular weight excluding hydrogens is 158 g/mol. The van der Waals surface area contributed by atoms with Crippen LogP contribution < -0.4 is 5.73 Å². The van der Waals surface area contributed by atoms with Crippen molar-refractivity contribution in [2.75, 3.05) is 0 Å². The van der Waals surface area contributed by atoms with Crippen molar-refractivity contribution in [3.63, 3.8) is 0 Å². The van der Waals surface area contributed by atoms with Crippen molar-refractivity contribution in [2.45, 2.75) is 58.4 Å². The average Bonchev–Trinajstić information content (AvgIpc) is 2.04. The maximum absolute atomic E-state index is 5.90. The van der Waals surface area contributed by atoms with Gasteiger partial charge in [0.15, 0.2) is 0 Å². The molecule has 2 N–H and O–H groups in total. The number of hydrogen-bond donors (Lipinski definition) is 1. The summed E-state index contributed by atoms with van der Waals surface area (Å²) in [5.74, 6) is 0.849. The molecule has 0 saturated heterocycles. The summed E-state index contributed by atoms with van der Waals surface area (Å²) in [5.41, 5.74) is 7.51. The lowest BCUT2D eigenvalue weighted by atomic mass is 9.88. The maximum Gasteiger partial charge on any atom is 0.0226 e. The van der Waals surface area contributed by atoms with E-state index in [-0.39, 0.29) is 0 Å². The Morgan fingerprint density at radius 2 is 2.38 bits per heavy atom. The van der Waals surface area contributed by atoms with Crippen molar-refractivity contribution in [2.24, 2.45) is 11.7 Å². The summed E-state index contributed by atoms with van der Waals surface area (Å²) >= 11 is 0. The predicted molar refractivity (Wildman–Crippen MR) is 58.6 cm³/mol. The smallest absolute Gasteiger partial charge is 0.0226 e. The van der Waals surface area contributed by atoms with Crippen molar-refractivity contribution in [1.29, 1.82) is 0 Å². The van der Waals surface area contributed by atoms with E-state index in [0.29, 0.717) is 6.04 Å². The lowest BCUT2D eigenvalue weighted by molar-refractivity contribution is 0.495. The lowest BCUT2D eigenvalue weighted by Gasteiger charge is -2.20. The molecule has 0 aromatic carbocycles. The first-order valence-corrected chi connectivity index (χ1v) is 5.67. The van der Waals surface area contributed by atoms with Crippen molar-refractivity contribution < 1.29 is 0 Å². The van der Waals surface area contributed by atoms with Gasteiger partial charge in [-0.05, 0) is 31.6 Å². The van der Waals surface area contributed by atoms with Gasteiger partial charge in [0.1, 0.15) is 0 Å². The van der Waals surface area contributed by atoms with E-state index in [1.807, 2.05) is 0 Å². The van der Waals surface area contributed by atoms with Crippen LogP contribution in [0.15, 0.2) is 11.6 Å². The largest absolute Gasteiger partial charge is 0.324 e. The Morgan fingerprint density at radius 1 is 1.62 bits per heavy atom. The van der Waals surface area contributed by atoms with Crippen LogP contribution in [0.25, 0.3) is 0 Å². The van der Waals surface area contributed by atoms with Crippen molar-refractivity contribution in [3.8, 4) is 0 Å². The quantitative estimate of drug-likeness (QED) is 0.662. The first kappa shape index (κ1) is 10.8. The van der Waals surface area contributed by atoms with Crippen LogP contribution >= 0.6 is 0 Å². The molecule has 76 valence electrons. The zero-order chi connectivity index (χ0) is 9.68. The van der Waals surface area contributed by atoms with Crippen LogP contribution in [-0.2, 0) is 0 Å². The van der Waals surface area contributed by atoms with Crippen LogP contribution in [-0.4, -0.2) is 6.04 Å². The summed E-state index contributed by atoms with van der Waals surface area (Å²) in [4.78, 5) is 0. The van der Waals surface area contributed by atoms with Gasteiger partial charge in [-0.25, -0.2) is 0 Å². The summed E-state index contributed by atoms with van der Waals surface area (Å²) in [5, 5.41) is 0. The molecule has 0 fully saturated rings. The zero-order valence-corrected chi connectivity index (χ0v) is 9.05. The minimum atomic E-state index is 0.345. The van der Waals surface area contributed by atoms with Crippen LogP contribution in [0.2, 0.25) is 0 Å². The minimum absolute atomic E-state index is 0.345. The third-order valence-corrected chi connectivity index (χ3v) is 2.88. The van der Waals surface area contributed by atoms with Gasteiger partial charge in [-0.2, -0.15) is 0 Å². The fourth-order valence-electron chi connectivity index (χ4n) is 2.25. The third-order valence-electron chi connectivity index (χ3n) is 2.88. The molecule has 13 heavy (non-hydrogen) atoms. The lowest BCUT2D eigenvalue weighted by Crippen LogP contribution is -2.20. The molecule has 1 aliphatic carbocycles. The van der Waals surface area contributed by atoms with E-state index in [9.17, 15) is 0 Å². The molecule has 0 aromatic heterocycles. The van der Waals surface area contributed by atoms with Crippen molar-refractivity contribution >= 4 is 0 Å². The van der Waals surface area contributed by atoms with E-state index in [0.717, 1.165) is 5.92 Å². The first-order chi connectivity index (χ1) is 6.22. The van der Waals surface area contributed by atoms with Crippen LogP contribution in [0.4, 0.5) is 0 Å². The van der Waals surface area contributed by atoms with Gasteiger partial charge in [0.25, 0.3) is 0 Å². The molecule has 0 aliphatic heterocycles. The molecule has 1 nitrogen and oxygen atoms in total. The topological polar surface area (TPSA) is 26.0 Å². The Hall–Kier alpha value is -0.300. The summed E-state index contributed by atoms with van der Waals surface area (Å²) in [6.45, 7) is 4.61. The fraction of sp³-hybridized carbons (Fsp3) is 0.833. The minimum Gasteiger partial charge on any atom is -0.324 e. The van der Waals surface area contributed by atoms with Gasteiger partial charge in [0, 0.05) is 6.04 Å². The van der Waals surface area contributed by atoms with Gasteiger partial charge >= 0.3 is 0 Å². The van der Waals surface area contributed by atoms with Gasteiger partial charge in [0.2, 0.25) is 0 Å². The zero-order valence-electron chi connectivity index (χ0n) is 9.05. The van der Waals surface area contributed by atoms with Crippen LogP contribution in [0, 0.1) is 5.92 Å². The van der Waals surface area contributed by atoms with Gasteiger partial charge in [0.05, 0.1) is 0 Å². The van der Waals surface area contributed by atoms with Crippen LogP contribution in [0.1, 0.15) is 52.4 Å². The molecule has 1 aliphatic rings. The molecule has 1 heteroatoms. The molecule has 0 amide bonds. The van der Waals surface area contributed by atoms with Gasteiger partial charge < -0.3 is 5.73 Å². The van der Waals surface area contributed by atoms with E-state index in [1.54, 1.807) is 5.57 Å². The molecule has 0 bridgehead atoms. The van der Waals surface area contributed by atoms with Gasteiger partial charge in [-0.15, -0.1) is 0 Å². The van der Waals surface area contributed by atoms with E-state index in [2.05, 4.69) is 19.9 Å². The molecule has 1 rings (SSSR count). The summed E-state index contributed by atoms with van der Waals surface area (Å²) in [6, 6.07) is 0.345. The summed E-state index contributed by atoms with van der Waals surface area (Å²) < 4.78 is 0. The second kappa shape index (κ2) is 5.43. The average molecular weight is 181 g/mol. The van der Waals surface area contributed by atoms with Crippen LogP contribution in [0.5, 0.6) is 0 Å². The second-order valence-electron chi connectivity index (χ2n) is 4.48.